The second kappa shape index (κ2) is 6.62. The van der Waals surface area contributed by atoms with Gasteiger partial charge in [0.15, 0.2) is 0 Å². The lowest BCUT2D eigenvalue weighted by Gasteiger charge is -2.19. The van der Waals surface area contributed by atoms with E-state index in [-0.39, 0.29) is 5.92 Å². The van der Waals surface area contributed by atoms with Crippen LogP contribution in [0, 0.1) is 0 Å². The molecule has 138 valence electrons. The number of rotatable bonds is 5. The summed E-state index contributed by atoms with van der Waals surface area (Å²) in [6.07, 6.45) is 4.54. The average molecular weight is 364 g/mol. The number of aryl methyl sites for hydroxylation is 1. The van der Waals surface area contributed by atoms with Crippen molar-refractivity contribution in [3.05, 3.63) is 47.7 Å². The van der Waals surface area contributed by atoms with E-state index in [2.05, 4.69) is 20.5 Å². The molecule has 0 fully saturated rings. The van der Waals surface area contributed by atoms with Gasteiger partial charge in [-0.2, -0.15) is 4.98 Å². The van der Waals surface area contributed by atoms with Crippen LogP contribution in [0.25, 0.3) is 22.3 Å². The van der Waals surface area contributed by atoms with Crippen LogP contribution in [0.15, 0.2) is 35.0 Å². The Kier molecular flexibility index (Phi) is 3.97. The number of fused-ring (bicyclic) bond motifs is 2. The van der Waals surface area contributed by atoms with Crippen LogP contribution in [-0.2, 0) is 24.1 Å². The summed E-state index contributed by atoms with van der Waals surface area (Å²) < 4.78 is 12.8. The van der Waals surface area contributed by atoms with E-state index in [1.165, 1.54) is 0 Å². The van der Waals surface area contributed by atoms with E-state index in [4.69, 9.17) is 14.2 Å². The molecule has 8 nitrogen and oxygen atoms in total. The maximum absolute atomic E-state index is 5.65. The molecule has 8 heteroatoms. The van der Waals surface area contributed by atoms with Gasteiger partial charge >= 0.3 is 0 Å². The van der Waals surface area contributed by atoms with Gasteiger partial charge in [0.05, 0.1) is 24.5 Å². The summed E-state index contributed by atoms with van der Waals surface area (Å²) in [5.41, 5.74) is 4.26. The minimum Gasteiger partial charge on any atom is -0.383 e. The fourth-order valence-corrected chi connectivity index (χ4v) is 3.79. The van der Waals surface area contributed by atoms with E-state index in [1.54, 1.807) is 7.11 Å². The quantitative estimate of drug-likeness (QED) is 0.585. The Bertz CT molecular complexity index is 1080. The SMILES string of the molecule is COCCn1nnc2c1CC(c1nc(-c3cccc4[nH]ccc34)no1)CC2. The predicted octanol–water partition coefficient (Wildman–Crippen LogP) is 2.73. The monoisotopic (exact) mass is 364 g/mol. The number of nitrogens with one attached hydrogen (secondary N) is 1. The minimum absolute atomic E-state index is 0.184. The Hall–Kier alpha value is -3.00. The number of H-pyrrole nitrogens is 1. The van der Waals surface area contributed by atoms with E-state index in [0.717, 1.165) is 47.1 Å². The van der Waals surface area contributed by atoms with Crippen molar-refractivity contribution < 1.29 is 9.26 Å². The second-order valence-electron chi connectivity index (χ2n) is 6.84. The zero-order valence-electron chi connectivity index (χ0n) is 15.1. The molecule has 0 bridgehead atoms. The van der Waals surface area contributed by atoms with Crippen LogP contribution in [-0.4, -0.2) is 43.8 Å². The lowest BCUT2D eigenvalue weighted by Crippen LogP contribution is -2.18. The van der Waals surface area contributed by atoms with Gasteiger partial charge < -0.3 is 14.2 Å². The Labute approximate surface area is 155 Å². The molecule has 1 aliphatic carbocycles. The molecule has 5 rings (SSSR count). The van der Waals surface area contributed by atoms with Crippen molar-refractivity contribution in [3.63, 3.8) is 0 Å². The maximum Gasteiger partial charge on any atom is 0.230 e. The van der Waals surface area contributed by atoms with Gasteiger partial charge in [-0.25, -0.2) is 4.68 Å². The molecule has 3 aromatic heterocycles. The van der Waals surface area contributed by atoms with Crippen molar-refractivity contribution >= 4 is 10.9 Å². The Morgan fingerprint density at radius 3 is 3.22 bits per heavy atom. The first-order chi connectivity index (χ1) is 13.3. The summed E-state index contributed by atoms with van der Waals surface area (Å²) >= 11 is 0. The zero-order valence-corrected chi connectivity index (χ0v) is 15.1. The fraction of sp³-hybridized carbons (Fsp3) is 0.368. The second-order valence-corrected chi connectivity index (χ2v) is 6.84. The van der Waals surface area contributed by atoms with Crippen molar-refractivity contribution in [2.75, 3.05) is 13.7 Å². The maximum atomic E-state index is 5.65. The van der Waals surface area contributed by atoms with E-state index >= 15 is 0 Å². The van der Waals surface area contributed by atoms with Gasteiger partial charge in [0.1, 0.15) is 0 Å². The van der Waals surface area contributed by atoms with E-state index in [1.807, 2.05) is 35.1 Å². The van der Waals surface area contributed by atoms with Gasteiger partial charge in [0, 0.05) is 42.1 Å². The highest BCUT2D eigenvalue weighted by Crippen LogP contribution is 2.33. The number of aromatic nitrogens is 6. The fourth-order valence-electron chi connectivity index (χ4n) is 3.79. The Morgan fingerprint density at radius 1 is 1.33 bits per heavy atom. The van der Waals surface area contributed by atoms with Crippen LogP contribution < -0.4 is 0 Å². The Balaban J connectivity index is 1.42. The molecular weight excluding hydrogens is 344 g/mol. The van der Waals surface area contributed by atoms with Gasteiger partial charge in [-0.3, -0.25) is 0 Å². The lowest BCUT2D eigenvalue weighted by atomic mass is 9.89. The first kappa shape index (κ1) is 16.2. The van der Waals surface area contributed by atoms with Gasteiger partial charge in [-0.05, 0) is 25.0 Å². The standard InChI is InChI=1S/C19H20N6O2/c1-26-10-9-25-17-11-12(5-6-16(17)22-24-25)19-21-18(23-27-19)14-3-2-4-15-13(14)7-8-20-15/h2-4,7-8,12,20H,5-6,9-11H2,1H3. The molecule has 3 heterocycles. The van der Waals surface area contributed by atoms with Crippen molar-refractivity contribution in [2.45, 2.75) is 31.7 Å². The van der Waals surface area contributed by atoms with Crippen molar-refractivity contribution in [2.24, 2.45) is 0 Å². The average Bonchev–Trinajstić information content (AvgIpc) is 3.44. The lowest BCUT2D eigenvalue weighted by molar-refractivity contribution is 0.181. The van der Waals surface area contributed by atoms with E-state index < -0.39 is 0 Å². The van der Waals surface area contributed by atoms with Crippen LogP contribution in [0.1, 0.15) is 29.6 Å². The molecule has 0 saturated carbocycles. The van der Waals surface area contributed by atoms with Gasteiger partial charge in [-0.15, -0.1) is 5.10 Å². The highest BCUT2D eigenvalue weighted by Gasteiger charge is 2.29. The summed E-state index contributed by atoms with van der Waals surface area (Å²) in [4.78, 5) is 7.93. The smallest absolute Gasteiger partial charge is 0.230 e. The molecule has 1 N–H and O–H groups in total. The molecule has 0 aliphatic heterocycles. The van der Waals surface area contributed by atoms with Crippen molar-refractivity contribution in [3.8, 4) is 11.4 Å². The number of aromatic amines is 1. The van der Waals surface area contributed by atoms with Gasteiger partial charge in [0.2, 0.25) is 11.7 Å². The summed E-state index contributed by atoms with van der Waals surface area (Å²) in [6.45, 7) is 1.32. The third-order valence-electron chi connectivity index (χ3n) is 5.22. The molecule has 0 spiro atoms. The number of hydrogen-bond acceptors (Lipinski definition) is 6. The molecule has 0 saturated heterocycles. The first-order valence-corrected chi connectivity index (χ1v) is 9.13. The normalized spacial score (nSPS) is 16.7. The van der Waals surface area contributed by atoms with Crippen molar-refractivity contribution in [1.29, 1.82) is 0 Å². The summed E-state index contributed by atoms with van der Waals surface area (Å²) in [5.74, 6) is 1.50. The number of nitrogens with zero attached hydrogens (tertiary/aromatic N) is 5. The number of ether oxygens (including phenoxy) is 1. The summed E-state index contributed by atoms with van der Waals surface area (Å²) in [7, 11) is 1.69. The topological polar surface area (TPSA) is 94.7 Å². The molecule has 4 aromatic rings. The van der Waals surface area contributed by atoms with Crippen LogP contribution in [0.4, 0.5) is 0 Å². The number of hydrogen-bond donors (Lipinski definition) is 1. The molecule has 0 radical (unpaired) electrons. The third kappa shape index (κ3) is 2.82. The van der Waals surface area contributed by atoms with E-state index in [0.29, 0.717) is 24.9 Å². The molecule has 0 amide bonds. The van der Waals surface area contributed by atoms with Crippen LogP contribution in [0.3, 0.4) is 0 Å². The molecular formula is C19H20N6O2. The largest absolute Gasteiger partial charge is 0.383 e. The molecule has 1 unspecified atom stereocenters. The third-order valence-corrected chi connectivity index (χ3v) is 5.22. The van der Waals surface area contributed by atoms with Gasteiger partial charge in [-0.1, -0.05) is 22.5 Å². The minimum atomic E-state index is 0.184. The zero-order chi connectivity index (χ0) is 18.2. The summed E-state index contributed by atoms with van der Waals surface area (Å²) in [5, 5.41) is 13.9. The van der Waals surface area contributed by atoms with Crippen LogP contribution in [0.5, 0.6) is 0 Å². The van der Waals surface area contributed by atoms with E-state index in [9.17, 15) is 0 Å². The van der Waals surface area contributed by atoms with Crippen LogP contribution in [0.2, 0.25) is 0 Å². The van der Waals surface area contributed by atoms with Crippen molar-refractivity contribution in [1.82, 2.24) is 30.1 Å². The number of methoxy groups -OCH3 is 1. The first-order valence-electron chi connectivity index (χ1n) is 9.13. The van der Waals surface area contributed by atoms with Gasteiger partial charge in [0.25, 0.3) is 0 Å². The highest BCUT2D eigenvalue weighted by molar-refractivity contribution is 5.93. The molecule has 27 heavy (non-hydrogen) atoms. The number of benzene rings is 1. The predicted molar refractivity (Wildman–Crippen MR) is 98.3 cm³/mol. The molecule has 1 atom stereocenters. The molecule has 1 aliphatic rings. The summed E-state index contributed by atoms with van der Waals surface area (Å²) in [6, 6.07) is 8.09. The molecule has 1 aromatic carbocycles. The Morgan fingerprint density at radius 2 is 2.30 bits per heavy atom. The van der Waals surface area contributed by atoms with Crippen LogP contribution >= 0.6 is 0 Å². The highest BCUT2D eigenvalue weighted by atomic mass is 16.5.